The number of H-pyrrole nitrogens is 1. The summed E-state index contributed by atoms with van der Waals surface area (Å²) < 4.78 is 0. The summed E-state index contributed by atoms with van der Waals surface area (Å²) in [5, 5.41) is 31.7. The molecule has 0 aliphatic rings. The topological polar surface area (TPSA) is 251 Å². The summed E-state index contributed by atoms with van der Waals surface area (Å²) >= 11 is 0. The van der Waals surface area contributed by atoms with Crippen molar-refractivity contribution in [3.05, 3.63) is 52.1 Å². The van der Waals surface area contributed by atoms with E-state index in [1.807, 2.05) is 0 Å². The molecular weight excluding hydrogens is 646 g/mol. The van der Waals surface area contributed by atoms with Crippen LogP contribution in [-0.2, 0) is 20.9 Å². The summed E-state index contributed by atoms with van der Waals surface area (Å²) in [6.45, 7) is 2.49. The van der Waals surface area contributed by atoms with Gasteiger partial charge in [-0.05, 0) is 37.1 Å². The lowest BCUT2D eigenvalue weighted by atomic mass is 10.0. The quantitative estimate of drug-likeness (QED) is 0.0605. The molecule has 274 valence electrons. The lowest BCUT2D eigenvalue weighted by molar-refractivity contribution is -0.141. The number of nitrogens with one attached hydrogen (secondary N) is 3. The summed E-state index contributed by atoms with van der Waals surface area (Å²) in [6, 6.07) is 4.86. The number of unbranched alkanes of at least 4 members (excludes halogenated alkanes) is 12. The standard InChI is InChI=1S/C19H19N7O6.C16H32O2/c20-19-25-15-14(17(30)26-19)23-11(8-22-15)7-21-10-3-1-9(2-4-10)16(29)24-12(18(31)32)5-6-13(27)28;1-2-3-4-5-6-7-8-9-10-11-12-13-14-15-16(17)18/h1-4,8,12,21H,5-7H2,(H,24,29)(H,27,28)(H,31,32)(H3,20,22,25,26,30);2-15H2,1H3,(H,17,18). The van der Waals surface area contributed by atoms with E-state index >= 15 is 0 Å². The summed E-state index contributed by atoms with van der Waals surface area (Å²) in [4.78, 5) is 70.9. The Bertz CT molecular complexity index is 1560. The molecule has 50 heavy (non-hydrogen) atoms. The van der Waals surface area contributed by atoms with Crippen LogP contribution in [0.1, 0.15) is 126 Å². The van der Waals surface area contributed by atoms with E-state index in [0.717, 1.165) is 12.8 Å². The SMILES string of the molecule is CCCCCCCCCCCCCCCC(=O)O.Nc1nc2ncc(CNc3ccc(C(=O)NC(CCC(=O)O)C(=O)O)cc3)nc2c(=O)[nH]1. The molecule has 0 spiro atoms. The van der Waals surface area contributed by atoms with Crippen molar-refractivity contribution in [2.45, 2.75) is 122 Å². The number of carboxylic acid groups (broad SMARTS) is 3. The predicted molar refractivity (Wildman–Crippen MR) is 190 cm³/mol. The molecule has 0 radical (unpaired) electrons. The smallest absolute Gasteiger partial charge is 0.326 e. The van der Waals surface area contributed by atoms with Gasteiger partial charge >= 0.3 is 17.9 Å². The molecule has 1 atom stereocenters. The molecule has 1 unspecified atom stereocenters. The van der Waals surface area contributed by atoms with Gasteiger partial charge in [-0.3, -0.25) is 24.2 Å². The number of nitrogen functional groups attached to an aromatic ring is 1. The number of aromatic amines is 1. The normalized spacial score (nSPS) is 11.3. The molecule has 0 saturated heterocycles. The fourth-order valence-corrected chi connectivity index (χ4v) is 5.05. The number of hydrogen-bond acceptors (Lipinski definition) is 10. The van der Waals surface area contributed by atoms with Gasteiger partial charge in [0.1, 0.15) is 6.04 Å². The molecule has 15 heteroatoms. The Morgan fingerprint density at radius 1 is 0.800 bits per heavy atom. The van der Waals surface area contributed by atoms with Crippen LogP contribution < -0.4 is 21.9 Å². The van der Waals surface area contributed by atoms with Crippen molar-refractivity contribution in [2.24, 2.45) is 0 Å². The Morgan fingerprint density at radius 3 is 1.90 bits per heavy atom. The van der Waals surface area contributed by atoms with E-state index in [1.54, 1.807) is 12.1 Å². The number of anilines is 2. The second kappa shape index (κ2) is 23.3. The van der Waals surface area contributed by atoms with Crippen LogP contribution in [0.25, 0.3) is 11.2 Å². The second-order valence-electron chi connectivity index (χ2n) is 12.1. The first kappa shape index (κ1) is 41.1. The van der Waals surface area contributed by atoms with E-state index in [1.165, 1.54) is 89.0 Å². The van der Waals surface area contributed by atoms with E-state index in [2.05, 4.69) is 37.5 Å². The van der Waals surface area contributed by atoms with E-state index in [0.29, 0.717) is 17.8 Å². The Hall–Kier alpha value is -5.08. The molecule has 0 saturated carbocycles. The minimum absolute atomic E-state index is 0.0524. The van der Waals surface area contributed by atoms with Gasteiger partial charge in [0, 0.05) is 24.1 Å². The van der Waals surface area contributed by atoms with E-state index in [9.17, 15) is 24.0 Å². The third-order valence-electron chi connectivity index (χ3n) is 7.85. The maximum absolute atomic E-state index is 12.3. The molecule has 3 rings (SSSR count). The van der Waals surface area contributed by atoms with E-state index in [-0.39, 0.29) is 42.1 Å². The van der Waals surface area contributed by atoms with Crippen LogP contribution in [0.15, 0.2) is 35.3 Å². The number of benzene rings is 1. The third-order valence-corrected chi connectivity index (χ3v) is 7.85. The maximum Gasteiger partial charge on any atom is 0.326 e. The first-order valence-electron chi connectivity index (χ1n) is 17.3. The number of carboxylic acids is 3. The number of amides is 1. The molecule has 1 amide bonds. The summed E-state index contributed by atoms with van der Waals surface area (Å²) in [7, 11) is 0. The second-order valence-corrected chi connectivity index (χ2v) is 12.1. The Morgan fingerprint density at radius 2 is 1.36 bits per heavy atom. The molecule has 0 fully saturated rings. The molecule has 8 N–H and O–H groups in total. The van der Waals surface area contributed by atoms with Gasteiger partial charge in [-0.15, -0.1) is 0 Å². The number of aliphatic carboxylic acids is 3. The van der Waals surface area contributed by atoms with Crippen molar-refractivity contribution in [1.29, 1.82) is 0 Å². The van der Waals surface area contributed by atoms with Gasteiger partial charge in [0.2, 0.25) is 5.95 Å². The summed E-state index contributed by atoms with van der Waals surface area (Å²) in [6.07, 6.45) is 18.1. The highest BCUT2D eigenvalue weighted by molar-refractivity contribution is 5.97. The van der Waals surface area contributed by atoms with Crippen LogP contribution in [0.2, 0.25) is 0 Å². The van der Waals surface area contributed by atoms with Crippen LogP contribution in [0.5, 0.6) is 0 Å². The molecule has 0 aliphatic heterocycles. The average molecular weight is 698 g/mol. The number of rotatable bonds is 23. The van der Waals surface area contributed by atoms with Crippen LogP contribution in [0.3, 0.4) is 0 Å². The monoisotopic (exact) mass is 697 g/mol. The average Bonchev–Trinajstić information content (AvgIpc) is 3.08. The van der Waals surface area contributed by atoms with Crippen LogP contribution >= 0.6 is 0 Å². The van der Waals surface area contributed by atoms with E-state index < -0.39 is 35.4 Å². The predicted octanol–water partition coefficient (Wildman–Crippen LogP) is 5.51. The maximum atomic E-state index is 12.3. The lowest BCUT2D eigenvalue weighted by Gasteiger charge is -2.14. The highest BCUT2D eigenvalue weighted by atomic mass is 16.4. The molecule has 0 aliphatic carbocycles. The highest BCUT2D eigenvalue weighted by Crippen LogP contribution is 2.14. The fourth-order valence-electron chi connectivity index (χ4n) is 5.05. The Labute approximate surface area is 291 Å². The van der Waals surface area contributed by atoms with Crippen molar-refractivity contribution in [2.75, 3.05) is 11.1 Å². The van der Waals surface area contributed by atoms with Gasteiger partial charge < -0.3 is 31.7 Å². The summed E-state index contributed by atoms with van der Waals surface area (Å²) in [5.41, 5.74) is 6.47. The lowest BCUT2D eigenvalue weighted by Crippen LogP contribution is -2.41. The van der Waals surface area contributed by atoms with Gasteiger partial charge in [-0.25, -0.2) is 14.8 Å². The van der Waals surface area contributed by atoms with Crippen molar-refractivity contribution in [3.63, 3.8) is 0 Å². The largest absolute Gasteiger partial charge is 0.481 e. The van der Waals surface area contributed by atoms with Crippen molar-refractivity contribution in [3.8, 4) is 0 Å². The molecule has 0 bridgehead atoms. The van der Waals surface area contributed by atoms with Crippen LogP contribution in [0, 0.1) is 0 Å². The van der Waals surface area contributed by atoms with Gasteiger partial charge in [0.15, 0.2) is 11.2 Å². The van der Waals surface area contributed by atoms with Crippen LogP contribution in [-0.4, -0.2) is 65.1 Å². The van der Waals surface area contributed by atoms with Crippen molar-refractivity contribution >= 4 is 46.6 Å². The Kier molecular flexibility index (Phi) is 19.2. The zero-order valence-electron chi connectivity index (χ0n) is 28.8. The zero-order valence-corrected chi connectivity index (χ0v) is 28.8. The molecular formula is C35H51N7O8. The number of nitrogens with zero attached hydrogens (tertiary/aromatic N) is 3. The zero-order chi connectivity index (χ0) is 36.7. The molecule has 15 nitrogen and oxygen atoms in total. The van der Waals surface area contributed by atoms with Crippen molar-refractivity contribution in [1.82, 2.24) is 25.3 Å². The minimum Gasteiger partial charge on any atom is -0.481 e. The first-order chi connectivity index (χ1) is 24.0. The number of hydrogen-bond donors (Lipinski definition) is 7. The summed E-state index contributed by atoms with van der Waals surface area (Å²) in [5.74, 6) is -3.81. The molecule has 2 aromatic heterocycles. The molecule has 3 aromatic rings. The number of nitrogens with two attached hydrogens (primary N) is 1. The van der Waals surface area contributed by atoms with Gasteiger partial charge in [0.25, 0.3) is 11.5 Å². The van der Waals surface area contributed by atoms with E-state index in [4.69, 9.17) is 21.1 Å². The van der Waals surface area contributed by atoms with Gasteiger partial charge in [-0.1, -0.05) is 84.0 Å². The number of fused-ring (bicyclic) bond motifs is 1. The first-order valence-corrected chi connectivity index (χ1v) is 17.3. The third kappa shape index (κ3) is 16.8. The number of carbonyl (C=O) groups is 4. The highest BCUT2D eigenvalue weighted by Gasteiger charge is 2.21. The molecule has 1 aromatic carbocycles. The van der Waals surface area contributed by atoms with Gasteiger partial charge in [-0.2, -0.15) is 4.98 Å². The fraction of sp³-hybridized carbons (Fsp3) is 0.543. The number of carbonyl (C=O) groups excluding carboxylic acids is 1. The minimum atomic E-state index is -1.31. The molecule has 2 heterocycles. The van der Waals surface area contributed by atoms with Crippen molar-refractivity contribution < 1.29 is 34.5 Å². The van der Waals surface area contributed by atoms with Gasteiger partial charge in [0.05, 0.1) is 18.4 Å². The van der Waals surface area contributed by atoms with Crippen LogP contribution in [0.4, 0.5) is 11.6 Å². The number of aromatic nitrogens is 4. The Balaban J connectivity index is 0.000000411.